The zero-order chi connectivity index (χ0) is 8.72. The lowest BCUT2D eigenvalue weighted by atomic mass is 9.85. The van der Waals surface area contributed by atoms with Gasteiger partial charge in [0.15, 0.2) is 0 Å². The Morgan fingerprint density at radius 2 is 1.83 bits per heavy atom. The first kappa shape index (κ1) is 8.05. The summed E-state index contributed by atoms with van der Waals surface area (Å²) in [6.45, 7) is 2.12. The fourth-order valence-corrected chi connectivity index (χ4v) is 2.92. The Bertz CT molecular complexity index is 191. The van der Waals surface area contributed by atoms with E-state index in [1.807, 2.05) is 0 Å². The minimum absolute atomic E-state index is 0.0735. The smallest absolute Gasteiger partial charge is 0.221 e. The third-order valence-corrected chi connectivity index (χ3v) is 3.34. The van der Waals surface area contributed by atoms with Crippen molar-refractivity contribution in [2.75, 3.05) is 20.1 Å². The molecule has 1 saturated heterocycles. The van der Waals surface area contributed by atoms with E-state index in [1.54, 1.807) is 0 Å². The number of piperidine rings is 1. The molecule has 1 aliphatic heterocycles. The van der Waals surface area contributed by atoms with Gasteiger partial charge >= 0.3 is 0 Å². The molecule has 12 heavy (non-hydrogen) atoms. The maximum Gasteiger partial charge on any atom is 0.221 e. The molecule has 68 valence electrons. The van der Waals surface area contributed by atoms with E-state index >= 15 is 0 Å². The first-order chi connectivity index (χ1) is 5.68. The molecule has 2 fully saturated rings. The van der Waals surface area contributed by atoms with Crippen LogP contribution in [0.5, 0.6) is 0 Å². The lowest BCUT2D eigenvalue weighted by Gasteiger charge is -2.33. The van der Waals surface area contributed by atoms with Gasteiger partial charge in [0.25, 0.3) is 0 Å². The Balaban J connectivity index is 2.14. The van der Waals surface area contributed by atoms with Crippen LogP contribution in [0.15, 0.2) is 0 Å². The molecule has 3 nitrogen and oxygen atoms in total. The molecule has 1 aliphatic carbocycles. The minimum atomic E-state index is -0.0735. The second-order valence-corrected chi connectivity index (χ2v) is 4.25. The van der Waals surface area contributed by atoms with Gasteiger partial charge in [-0.15, -0.1) is 0 Å². The van der Waals surface area contributed by atoms with E-state index in [9.17, 15) is 4.79 Å². The number of nitrogens with zero attached hydrogens (tertiary/aromatic N) is 1. The van der Waals surface area contributed by atoms with Gasteiger partial charge < -0.3 is 10.6 Å². The normalized spacial score (nSPS) is 41.6. The second kappa shape index (κ2) is 2.73. The van der Waals surface area contributed by atoms with Crippen molar-refractivity contribution in [1.29, 1.82) is 0 Å². The number of fused-ring (bicyclic) bond motifs is 2. The summed E-state index contributed by atoms with van der Waals surface area (Å²) in [5.41, 5.74) is 5.38. The van der Waals surface area contributed by atoms with E-state index in [-0.39, 0.29) is 11.8 Å². The number of nitrogens with two attached hydrogens (primary N) is 1. The number of amides is 1. The largest absolute Gasteiger partial charge is 0.369 e. The van der Waals surface area contributed by atoms with Crippen molar-refractivity contribution in [3.05, 3.63) is 0 Å². The van der Waals surface area contributed by atoms with Gasteiger partial charge in [-0.25, -0.2) is 0 Å². The van der Waals surface area contributed by atoms with Crippen LogP contribution in [0, 0.1) is 17.8 Å². The van der Waals surface area contributed by atoms with Gasteiger partial charge in [-0.05, 0) is 31.7 Å². The van der Waals surface area contributed by atoms with E-state index in [0.717, 1.165) is 13.1 Å². The molecular weight excluding hydrogens is 152 g/mol. The number of primary amides is 1. The topological polar surface area (TPSA) is 46.3 Å². The van der Waals surface area contributed by atoms with E-state index in [4.69, 9.17) is 5.73 Å². The summed E-state index contributed by atoms with van der Waals surface area (Å²) in [7, 11) is 2.13. The molecule has 2 aliphatic rings. The van der Waals surface area contributed by atoms with Crippen molar-refractivity contribution >= 4 is 5.91 Å². The molecule has 1 amide bonds. The van der Waals surface area contributed by atoms with Gasteiger partial charge in [0.05, 0.1) is 0 Å². The average molecular weight is 168 g/mol. The Labute approximate surface area is 72.9 Å². The Kier molecular flexibility index (Phi) is 1.83. The first-order valence-electron chi connectivity index (χ1n) is 4.66. The first-order valence-corrected chi connectivity index (χ1v) is 4.66. The van der Waals surface area contributed by atoms with Crippen LogP contribution in [0.25, 0.3) is 0 Å². The molecule has 2 bridgehead atoms. The molecule has 1 heterocycles. The quantitative estimate of drug-likeness (QED) is 0.602. The molecule has 2 unspecified atom stereocenters. The average Bonchev–Trinajstić information content (AvgIpc) is 2.24. The maximum absolute atomic E-state index is 11.1. The van der Waals surface area contributed by atoms with E-state index in [0.29, 0.717) is 11.8 Å². The van der Waals surface area contributed by atoms with Gasteiger partial charge in [-0.2, -0.15) is 0 Å². The summed E-state index contributed by atoms with van der Waals surface area (Å²) in [4.78, 5) is 13.4. The number of carbonyl (C=O) groups excluding carboxylic acids is 1. The number of likely N-dealkylation sites (tertiary alicyclic amines) is 1. The zero-order valence-electron chi connectivity index (χ0n) is 7.49. The molecule has 0 aromatic rings. The highest BCUT2D eigenvalue weighted by Gasteiger charge is 2.43. The van der Waals surface area contributed by atoms with Crippen LogP contribution < -0.4 is 5.73 Å². The van der Waals surface area contributed by atoms with E-state index < -0.39 is 0 Å². The summed E-state index contributed by atoms with van der Waals surface area (Å²) in [5, 5.41) is 0. The predicted molar refractivity (Wildman–Crippen MR) is 46.4 cm³/mol. The number of carbonyl (C=O) groups is 1. The van der Waals surface area contributed by atoms with Crippen LogP contribution in [0.1, 0.15) is 12.8 Å². The highest BCUT2D eigenvalue weighted by molar-refractivity contribution is 5.77. The van der Waals surface area contributed by atoms with Crippen LogP contribution in [0.2, 0.25) is 0 Å². The predicted octanol–water partition coefficient (Wildman–Crippen LogP) is 0.0595. The molecule has 0 spiro atoms. The Hall–Kier alpha value is -0.570. The third-order valence-electron chi connectivity index (χ3n) is 3.34. The number of hydrogen-bond acceptors (Lipinski definition) is 2. The third kappa shape index (κ3) is 1.12. The highest BCUT2D eigenvalue weighted by atomic mass is 16.1. The highest BCUT2D eigenvalue weighted by Crippen LogP contribution is 2.41. The van der Waals surface area contributed by atoms with Crippen LogP contribution in [-0.4, -0.2) is 30.9 Å². The SMILES string of the molecule is CN1CC2CCC(C1)C2C(N)=O. The van der Waals surface area contributed by atoms with Gasteiger partial charge in [0, 0.05) is 19.0 Å². The van der Waals surface area contributed by atoms with Crippen LogP contribution in [0.4, 0.5) is 0 Å². The van der Waals surface area contributed by atoms with Crippen molar-refractivity contribution < 1.29 is 4.79 Å². The van der Waals surface area contributed by atoms with E-state index in [2.05, 4.69) is 11.9 Å². The molecule has 1 saturated carbocycles. The van der Waals surface area contributed by atoms with Crippen molar-refractivity contribution in [2.24, 2.45) is 23.5 Å². The van der Waals surface area contributed by atoms with Crippen molar-refractivity contribution in [3.63, 3.8) is 0 Å². The molecule has 0 aromatic carbocycles. The van der Waals surface area contributed by atoms with Gasteiger partial charge in [-0.1, -0.05) is 0 Å². The van der Waals surface area contributed by atoms with Crippen molar-refractivity contribution in [1.82, 2.24) is 4.90 Å². The number of hydrogen-bond donors (Lipinski definition) is 1. The molecule has 2 atom stereocenters. The second-order valence-electron chi connectivity index (χ2n) is 4.25. The Morgan fingerprint density at radius 1 is 1.33 bits per heavy atom. The fraction of sp³-hybridized carbons (Fsp3) is 0.889. The monoisotopic (exact) mass is 168 g/mol. The molecular formula is C9H16N2O. The van der Waals surface area contributed by atoms with Crippen molar-refractivity contribution in [3.8, 4) is 0 Å². The van der Waals surface area contributed by atoms with Gasteiger partial charge in [0.1, 0.15) is 0 Å². The fourth-order valence-electron chi connectivity index (χ4n) is 2.92. The molecule has 2 rings (SSSR count). The maximum atomic E-state index is 11.1. The standard InChI is InChI=1S/C9H16N2O/c1-11-4-6-2-3-7(5-11)8(6)9(10)12/h6-8H,2-5H2,1H3,(H2,10,12). The van der Waals surface area contributed by atoms with Crippen molar-refractivity contribution in [2.45, 2.75) is 12.8 Å². The lowest BCUT2D eigenvalue weighted by molar-refractivity contribution is -0.125. The van der Waals surface area contributed by atoms with Crippen LogP contribution in [0.3, 0.4) is 0 Å². The molecule has 2 N–H and O–H groups in total. The van der Waals surface area contributed by atoms with Crippen LogP contribution >= 0.6 is 0 Å². The van der Waals surface area contributed by atoms with Gasteiger partial charge in [0.2, 0.25) is 5.91 Å². The molecule has 3 heteroatoms. The Morgan fingerprint density at radius 3 is 2.25 bits per heavy atom. The summed E-state index contributed by atoms with van der Waals surface area (Å²) >= 11 is 0. The summed E-state index contributed by atoms with van der Waals surface area (Å²) in [6, 6.07) is 0. The van der Waals surface area contributed by atoms with E-state index in [1.165, 1.54) is 12.8 Å². The molecule has 0 radical (unpaired) electrons. The summed E-state index contributed by atoms with van der Waals surface area (Å²) < 4.78 is 0. The lowest BCUT2D eigenvalue weighted by Crippen LogP contribution is -2.44. The summed E-state index contributed by atoms with van der Waals surface area (Å²) in [6.07, 6.45) is 2.39. The minimum Gasteiger partial charge on any atom is -0.369 e. The molecule has 0 aromatic heterocycles. The zero-order valence-corrected chi connectivity index (χ0v) is 7.49. The summed E-state index contributed by atoms with van der Waals surface area (Å²) in [5.74, 6) is 1.20. The van der Waals surface area contributed by atoms with Gasteiger partial charge in [-0.3, -0.25) is 4.79 Å². The number of rotatable bonds is 1. The van der Waals surface area contributed by atoms with Crippen LogP contribution in [-0.2, 0) is 4.79 Å².